The Hall–Kier alpha value is -1.10. The summed E-state index contributed by atoms with van der Waals surface area (Å²) < 4.78 is 9.18. The molecule has 5 heteroatoms. The van der Waals surface area contributed by atoms with Crippen molar-refractivity contribution in [2.24, 2.45) is 0 Å². The third-order valence-electron chi connectivity index (χ3n) is 2.49. The second-order valence-corrected chi connectivity index (χ2v) is 3.92. The van der Waals surface area contributed by atoms with E-state index in [1.165, 1.54) is 20.6 Å². The molecule has 0 amide bonds. The zero-order chi connectivity index (χ0) is 13.1. The lowest BCUT2D eigenvalue weighted by Crippen LogP contribution is -2.36. The lowest BCUT2D eigenvalue weighted by molar-refractivity contribution is -0.145. The first-order chi connectivity index (χ1) is 8.13. The van der Waals surface area contributed by atoms with E-state index in [2.05, 4.69) is 16.4 Å². The van der Waals surface area contributed by atoms with Crippen molar-refractivity contribution < 1.29 is 19.1 Å². The zero-order valence-corrected chi connectivity index (χ0v) is 11.0. The van der Waals surface area contributed by atoms with Crippen molar-refractivity contribution in [3.63, 3.8) is 0 Å². The van der Waals surface area contributed by atoms with Gasteiger partial charge in [-0.3, -0.25) is 14.5 Å². The predicted molar refractivity (Wildman–Crippen MR) is 64.6 cm³/mol. The van der Waals surface area contributed by atoms with E-state index >= 15 is 0 Å². The highest BCUT2D eigenvalue weighted by Gasteiger charge is 2.14. The van der Waals surface area contributed by atoms with Crippen molar-refractivity contribution in [3.05, 3.63) is 0 Å². The first-order valence-corrected chi connectivity index (χ1v) is 6.00. The molecule has 0 radical (unpaired) electrons. The Morgan fingerprint density at radius 2 is 1.47 bits per heavy atom. The minimum absolute atomic E-state index is 0.137. The fourth-order valence-corrected chi connectivity index (χ4v) is 1.47. The van der Waals surface area contributed by atoms with Crippen molar-refractivity contribution >= 4 is 11.9 Å². The molecular weight excluding hydrogens is 222 g/mol. The predicted octanol–water partition coefficient (Wildman–Crippen LogP) is 1.21. The van der Waals surface area contributed by atoms with Crippen molar-refractivity contribution in [1.29, 1.82) is 0 Å². The van der Waals surface area contributed by atoms with Crippen LogP contribution in [0.15, 0.2) is 0 Å². The molecule has 0 aromatic heterocycles. The van der Waals surface area contributed by atoms with Crippen LogP contribution in [-0.2, 0) is 19.1 Å². The fourth-order valence-electron chi connectivity index (χ4n) is 1.47. The normalized spacial score (nSPS) is 10.4. The number of methoxy groups -OCH3 is 2. The van der Waals surface area contributed by atoms with E-state index in [4.69, 9.17) is 0 Å². The molecule has 17 heavy (non-hydrogen) atoms. The molecule has 0 bridgehead atoms. The third kappa shape index (κ3) is 8.68. The van der Waals surface area contributed by atoms with Crippen LogP contribution < -0.4 is 0 Å². The van der Waals surface area contributed by atoms with Crippen LogP contribution in [0.3, 0.4) is 0 Å². The first-order valence-electron chi connectivity index (χ1n) is 6.00. The molecule has 0 aromatic carbocycles. The minimum atomic E-state index is -0.329. The summed E-state index contributed by atoms with van der Waals surface area (Å²) in [5.74, 6) is -0.659. The summed E-state index contributed by atoms with van der Waals surface area (Å²) in [6, 6.07) is 0. The van der Waals surface area contributed by atoms with Crippen LogP contribution in [-0.4, -0.2) is 50.7 Å². The van der Waals surface area contributed by atoms with Gasteiger partial charge in [0, 0.05) is 0 Å². The Balaban J connectivity index is 4.01. The molecule has 0 spiro atoms. The number of carbonyl (C=O) groups is 2. The molecule has 100 valence electrons. The second-order valence-electron chi connectivity index (χ2n) is 3.92. The summed E-state index contributed by atoms with van der Waals surface area (Å²) in [5.41, 5.74) is 0. The van der Waals surface area contributed by atoms with Crippen LogP contribution in [0, 0.1) is 0 Å². The van der Waals surface area contributed by atoms with E-state index in [0.717, 1.165) is 19.3 Å². The number of nitrogens with zero attached hydrogens (tertiary/aromatic N) is 1. The second kappa shape index (κ2) is 10.1. The summed E-state index contributed by atoms with van der Waals surface area (Å²) in [7, 11) is 2.69. The zero-order valence-electron chi connectivity index (χ0n) is 11.0. The van der Waals surface area contributed by atoms with Gasteiger partial charge in [-0.15, -0.1) is 0 Å². The standard InChI is InChI=1S/C12H23NO4/c1-4-5-6-7-8-13(9-11(14)16-2)10-12(15)17-3/h4-10H2,1-3H3. The molecule has 0 unspecified atom stereocenters. The Morgan fingerprint density at radius 1 is 0.941 bits per heavy atom. The molecule has 0 aliphatic carbocycles. The van der Waals surface area contributed by atoms with Crippen LogP contribution in [0.5, 0.6) is 0 Å². The topological polar surface area (TPSA) is 55.8 Å². The molecule has 0 N–H and O–H groups in total. The highest BCUT2D eigenvalue weighted by molar-refractivity contribution is 5.74. The number of hydrogen-bond donors (Lipinski definition) is 0. The molecule has 0 fully saturated rings. The van der Waals surface area contributed by atoms with Gasteiger partial charge in [0.05, 0.1) is 27.3 Å². The van der Waals surface area contributed by atoms with Crippen molar-refractivity contribution in [2.45, 2.75) is 32.6 Å². The van der Waals surface area contributed by atoms with Crippen molar-refractivity contribution in [3.8, 4) is 0 Å². The maximum Gasteiger partial charge on any atom is 0.319 e. The molecule has 5 nitrogen and oxygen atoms in total. The number of carbonyl (C=O) groups excluding carboxylic acids is 2. The van der Waals surface area contributed by atoms with Crippen LogP contribution in [0.2, 0.25) is 0 Å². The minimum Gasteiger partial charge on any atom is -0.468 e. The van der Waals surface area contributed by atoms with E-state index < -0.39 is 0 Å². The Labute approximate surface area is 103 Å². The van der Waals surface area contributed by atoms with Gasteiger partial charge in [-0.1, -0.05) is 26.2 Å². The summed E-state index contributed by atoms with van der Waals surface area (Å²) in [6.07, 6.45) is 4.41. The van der Waals surface area contributed by atoms with Crippen molar-refractivity contribution in [1.82, 2.24) is 4.90 Å². The lowest BCUT2D eigenvalue weighted by Gasteiger charge is -2.19. The van der Waals surface area contributed by atoms with Gasteiger partial charge in [0.2, 0.25) is 0 Å². The molecule has 0 saturated carbocycles. The number of hydrogen-bond acceptors (Lipinski definition) is 5. The van der Waals surface area contributed by atoms with Crippen LogP contribution in [0.25, 0.3) is 0 Å². The molecule has 0 rings (SSSR count). The van der Waals surface area contributed by atoms with Gasteiger partial charge in [-0.25, -0.2) is 0 Å². The summed E-state index contributed by atoms with van der Waals surface area (Å²) >= 11 is 0. The number of ether oxygens (including phenoxy) is 2. The van der Waals surface area contributed by atoms with Crippen LogP contribution in [0.4, 0.5) is 0 Å². The average Bonchev–Trinajstić information content (AvgIpc) is 2.33. The van der Waals surface area contributed by atoms with Gasteiger partial charge in [-0.2, -0.15) is 0 Å². The van der Waals surface area contributed by atoms with E-state index in [1.54, 1.807) is 4.90 Å². The highest BCUT2D eigenvalue weighted by atomic mass is 16.5. The highest BCUT2D eigenvalue weighted by Crippen LogP contribution is 2.02. The number of rotatable bonds is 9. The van der Waals surface area contributed by atoms with Gasteiger partial charge >= 0.3 is 11.9 Å². The molecule has 0 atom stereocenters. The Bertz CT molecular complexity index is 213. The van der Waals surface area contributed by atoms with Crippen LogP contribution in [0.1, 0.15) is 32.6 Å². The molecule has 0 aromatic rings. The maximum absolute atomic E-state index is 11.2. The molecule has 0 aliphatic heterocycles. The molecule has 0 heterocycles. The smallest absolute Gasteiger partial charge is 0.319 e. The lowest BCUT2D eigenvalue weighted by atomic mass is 10.2. The molecule has 0 aliphatic rings. The van der Waals surface area contributed by atoms with Gasteiger partial charge < -0.3 is 9.47 Å². The largest absolute Gasteiger partial charge is 0.468 e. The Morgan fingerprint density at radius 3 is 1.88 bits per heavy atom. The van der Waals surface area contributed by atoms with Gasteiger partial charge in [0.25, 0.3) is 0 Å². The van der Waals surface area contributed by atoms with Crippen LogP contribution >= 0.6 is 0 Å². The third-order valence-corrected chi connectivity index (χ3v) is 2.49. The van der Waals surface area contributed by atoms with Crippen molar-refractivity contribution in [2.75, 3.05) is 33.9 Å². The summed E-state index contributed by atoms with van der Waals surface area (Å²) in [4.78, 5) is 24.1. The molecule has 0 saturated heterocycles. The van der Waals surface area contributed by atoms with Gasteiger partial charge in [0.15, 0.2) is 0 Å². The average molecular weight is 245 g/mol. The fraction of sp³-hybridized carbons (Fsp3) is 0.833. The Kier molecular flexibility index (Phi) is 9.43. The summed E-state index contributed by atoms with van der Waals surface area (Å²) in [5, 5.41) is 0. The maximum atomic E-state index is 11.2. The SMILES string of the molecule is CCCCCCN(CC(=O)OC)CC(=O)OC. The summed E-state index contributed by atoms with van der Waals surface area (Å²) in [6.45, 7) is 3.13. The van der Waals surface area contributed by atoms with Gasteiger partial charge in [-0.05, 0) is 13.0 Å². The van der Waals surface area contributed by atoms with E-state index in [9.17, 15) is 9.59 Å². The molecular formula is C12H23NO4. The van der Waals surface area contributed by atoms with Gasteiger partial charge in [0.1, 0.15) is 0 Å². The van der Waals surface area contributed by atoms with E-state index in [1.807, 2.05) is 0 Å². The monoisotopic (exact) mass is 245 g/mol. The number of esters is 2. The number of unbranched alkanes of at least 4 members (excludes halogenated alkanes) is 3. The van der Waals surface area contributed by atoms with E-state index in [-0.39, 0.29) is 25.0 Å². The quantitative estimate of drug-likeness (QED) is 0.451. The van der Waals surface area contributed by atoms with E-state index in [0.29, 0.717) is 6.54 Å². The first kappa shape index (κ1) is 15.9.